The minimum Gasteiger partial charge on any atom is -0.383 e. The van der Waals surface area contributed by atoms with E-state index in [-0.39, 0.29) is 11.8 Å². The summed E-state index contributed by atoms with van der Waals surface area (Å²) in [5.41, 5.74) is 4.38. The maximum Gasteiger partial charge on any atom is 0.218 e. The summed E-state index contributed by atoms with van der Waals surface area (Å²) in [5, 5.41) is 0.785. The van der Waals surface area contributed by atoms with Crippen molar-refractivity contribution in [3.05, 3.63) is 57.9 Å². The SMILES string of the molecule is COC[C@@H](C)n1c(C)cc(C(=O)C[NH+]2CC[NH+](Cc3ccc(Cl)cc3)CC2)c1C. The molecule has 1 aliphatic rings. The van der Waals surface area contributed by atoms with Crippen molar-refractivity contribution in [2.75, 3.05) is 46.4 Å². The Morgan fingerprint density at radius 2 is 1.76 bits per heavy atom. The molecule has 2 heterocycles. The van der Waals surface area contributed by atoms with E-state index in [0.29, 0.717) is 13.2 Å². The molecule has 0 amide bonds. The minimum atomic E-state index is 0.230. The first-order valence-corrected chi connectivity index (χ1v) is 10.9. The Labute approximate surface area is 179 Å². The summed E-state index contributed by atoms with van der Waals surface area (Å²) in [7, 11) is 1.72. The lowest BCUT2D eigenvalue weighted by molar-refractivity contribution is -1.01. The maximum atomic E-state index is 13.0. The lowest BCUT2D eigenvalue weighted by Crippen LogP contribution is -3.27. The predicted molar refractivity (Wildman–Crippen MR) is 116 cm³/mol. The summed E-state index contributed by atoms with van der Waals surface area (Å²) in [6.07, 6.45) is 0. The molecule has 1 aromatic heterocycles. The summed E-state index contributed by atoms with van der Waals surface area (Å²) < 4.78 is 7.52. The van der Waals surface area contributed by atoms with E-state index in [1.807, 2.05) is 18.2 Å². The largest absolute Gasteiger partial charge is 0.383 e. The summed E-state index contributed by atoms with van der Waals surface area (Å²) in [6.45, 7) is 12.8. The zero-order valence-corrected chi connectivity index (χ0v) is 18.8. The number of aromatic nitrogens is 1. The molecule has 1 saturated heterocycles. The number of benzene rings is 1. The minimum absolute atomic E-state index is 0.230. The lowest BCUT2D eigenvalue weighted by atomic mass is 10.1. The fourth-order valence-corrected chi connectivity index (χ4v) is 4.70. The molecule has 0 unspecified atom stereocenters. The molecule has 0 bridgehead atoms. The molecule has 158 valence electrons. The Hall–Kier alpha value is -1.66. The van der Waals surface area contributed by atoms with Crippen molar-refractivity contribution in [3.63, 3.8) is 0 Å². The number of hydrogen-bond acceptors (Lipinski definition) is 2. The van der Waals surface area contributed by atoms with Gasteiger partial charge in [0, 0.05) is 34.6 Å². The van der Waals surface area contributed by atoms with Gasteiger partial charge in [-0.1, -0.05) is 23.7 Å². The van der Waals surface area contributed by atoms with Crippen LogP contribution in [0.3, 0.4) is 0 Å². The summed E-state index contributed by atoms with van der Waals surface area (Å²) >= 11 is 5.98. The van der Waals surface area contributed by atoms with E-state index >= 15 is 0 Å². The number of Topliss-reactive ketones (excluding diaryl/α,β-unsaturated/α-hetero) is 1. The predicted octanol–water partition coefficient (Wildman–Crippen LogP) is 1.13. The van der Waals surface area contributed by atoms with Crippen LogP contribution in [0.15, 0.2) is 30.3 Å². The molecule has 29 heavy (non-hydrogen) atoms. The van der Waals surface area contributed by atoms with Gasteiger partial charge in [0.25, 0.3) is 0 Å². The Balaban J connectivity index is 1.54. The van der Waals surface area contributed by atoms with Crippen LogP contribution in [0, 0.1) is 13.8 Å². The van der Waals surface area contributed by atoms with Crippen LogP contribution in [-0.4, -0.2) is 56.8 Å². The molecular weight excluding hydrogens is 386 g/mol. The van der Waals surface area contributed by atoms with Crippen molar-refractivity contribution in [2.45, 2.75) is 33.4 Å². The number of halogens is 1. The second-order valence-electron chi connectivity index (χ2n) is 8.36. The molecule has 2 aromatic rings. The average Bonchev–Trinajstić information content (AvgIpc) is 2.99. The Morgan fingerprint density at radius 1 is 1.14 bits per heavy atom. The highest BCUT2D eigenvalue weighted by atomic mass is 35.5. The monoisotopic (exact) mass is 419 g/mol. The zero-order chi connectivity index (χ0) is 21.0. The second kappa shape index (κ2) is 9.90. The number of carbonyl (C=O) groups excluding carboxylic acids is 1. The molecule has 1 fully saturated rings. The molecule has 1 atom stereocenters. The number of rotatable bonds is 8. The number of carbonyl (C=O) groups is 1. The number of hydrogen-bond donors (Lipinski definition) is 2. The van der Waals surface area contributed by atoms with Crippen molar-refractivity contribution >= 4 is 17.4 Å². The van der Waals surface area contributed by atoms with Gasteiger partial charge in [0.1, 0.15) is 39.3 Å². The fourth-order valence-electron chi connectivity index (χ4n) is 4.58. The number of ketones is 1. The van der Waals surface area contributed by atoms with Crippen LogP contribution >= 0.6 is 11.6 Å². The number of nitrogens with zero attached hydrogens (tertiary/aromatic N) is 1. The molecule has 0 aliphatic carbocycles. The first kappa shape index (κ1) is 22.0. The third-order valence-corrected chi connectivity index (χ3v) is 6.33. The van der Waals surface area contributed by atoms with Gasteiger partial charge >= 0.3 is 0 Å². The second-order valence-corrected chi connectivity index (χ2v) is 8.80. The fraction of sp³-hybridized carbons (Fsp3) is 0.522. The molecule has 3 rings (SSSR count). The Kier molecular flexibility index (Phi) is 7.52. The summed E-state index contributed by atoms with van der Waals surface area (Å²) in [6, 6.07) is 10.4. The molecular formula is C23H34ClN3O2+2. The van der Waals surface area contributed by atoms with Gasteiger partial charge in [-0.25, -0.2) is 0 Å². The molecule has 1 aliphatic heterocycles. The zero-order valence-electron chi connectivity index (χ0n) is 18.1. The average molecular weight is 420 g/mol. The van der Waals surface area contributed by atoms with Gasteiger partial charge < -0.3 is 19.1 Å². The number of methoxy groups -OCH3 is 1. The first-order valence-electron chi connectivity index (χ1n) is 10.5. The molecule has 0 radical (unpaired) electrons. The topological polar surface area (TPSA) is 40.1 Å². The third kappa shape index (κ3) is 5.48. The highest BCUT2D eigenvalue weighted by molar-refractivity contribution is 6.30. The number of aryl methyl sites for hydroxylation is 1. The van der Waals surface area contributed by atoms with Gasteiger partial charge in [-0.15, -0.1) is 0 Å². The van der Waals surface area contributed by atoms with Gasteiger partial charge in [0.2, 0.25) is 5.78 Å². The van der Waals surface area contributed by atoms with Crippen LogP contribution in [0.25, 0.3) is 0 Å². The van der Waals surface area contributed by atoms with Gasteiger partial charge in [0.05, 0.1) is 12.6 Å². The highest BCUT2D eigenvalue weighted by Gasteiger charge is 2.27. The van der Waals surface area contributed by atoms with E-state index < -0.39 is 0 Å². The van der Waals surface area contributed by atoms with Gasteiger partial charge in [0.15, 0.2) is 0 Å². The van der Waals surface area contributed by atoms with Crippen molar-refractivity contribution in [1.82, 2.24) is 4.57 Å². The Bertz CT molecular complexity index is 823. The van der Waals surface area contributed by atoms with E-state index in [2.05, 4.69) is 37.5 Å². The van der Waals surface area contributed by atoms with Gasteiger partial charge in [-0.05, 0) is 39.0 Å². The van der Waals surface area contributed by atoms with Crippen molar-refractivity contribution in [3.8, 4) is 0 Å². The van der Waals surface area contributed by atoms with Crippen LogP contribution in [0.2, 0.25) is 5.02 Å². The highest BCUT2D eigenvalue weighted by Crippen LogP contribution is 2.20. The number of quaternary nitrogens is 2. The maximum absolute atomic E-state index is 13.0. The van der Waals surface area contributed by atoms with Crippen LogP contribution in [0.4, 0.5) is 0 Å². The summed E-state index contributed by atoms with van der Waals surface area (Å²) in [5.74, 6) is 0.255. The number of nitrogens with one attached hydrogen (secondary N) is 2. The van der Waals surface area contributed by atoms with E-state index in [1.54, 1.807) is 12.0 Å². The summed E-state index contributed by atoms with van der Waals surface area (Å²) in [4.78, 5) is 16.0. The molecule has 5 nitrogen and oxygen atoms in total. The lowest BCUT2D eigenvalue weighted by Gasteiger charge is -2.29. The van der Waals surface area contributed by atoms with Gasteiger partial charge in [-0.2, -0.15) is 0 Å². The molecule has 0 spiro atoms. The third-order valence-electron chi connectivity index (χ3n) is 6.08. The van der Waals surface area contributed by atoms with Crippen molar-refractivity contribution in [1.29, 1.82) is 0 Å². The molecule has 2 N–H and O–H groups in total. The van der Waals surface area contributed by atoms with E-state index in [0.717, 1.165) is 54.7 Å². The van der Waals surface area contributed by atoms with Crippen LogP contribution in [0.1, 0.15) is 40.3 Å². The van der Waals surface area contributed by atoms with Crippen molar-refractivity contribution < 1.29 is 19.3 Å². The van der Waals surface area contributed by atoms with E-state index in [9.17, 15) is 4.79 Å². The van der Waals surface area contributed by atoms with Gasteiger partial charge in [-0.3, -0.25) is 4.79 Å². The molecule has 1 aromatic carbocycles. The molecule has 6 heteroatoms. The standard InChI is InChI=1S/C23H32ClN3O2/c1-17-13-22(19(3)27(17)18(2)16-29-4)23(28)15-26-11-9-25(10-12-26)14-20-5-7-21(24)8-6-20/h5-8,13,18H,9-12,14-16H2,1-4H3/p+2/t18-/m1/s1. The van der Waals surface area contributed by atoms with Crippen molar-refractivity contribution in [2.24, 2.45) is 0 Å². The van der Waals surface area contributed by atoms with E-state index in [4.69, 9.17) is 16.3 Å². The van der Waals surface area contributed by atoms with E-state index in [1.165, 1.54) is 10.5 Å². The Morgan fingerprint density at radius 3 is 2.38 bits per heavy atom. The van der Waals surface area contributed by atoms with Crippen LogP contribution < -0.4 is 9.80 Å². The quantitative estimate of drug-likeness (QED) is 0.630. The van der Waals surface area contributed by atoms with Crippen LogP contribution in [-0.2, 0) is 11.3 Å². The van der Waals surface area contributed by atoms with Crippen LogP contribution in [0.5, 0.6) is 0 Å². The smallest absolute Gasteiger partial charge is 0.218 e. The first-order chi connectivity index (χ1) is 13.9. The number of piperazine rings is 1. The normalized spacial score (nSPS) is 20.6. The number of ether oxygens (including phenoxy) is 1. The molecule has 0 saturated carbocycles.